The van der Waals surface area contributed by atoms with Gasteiger partial charge in [-0.1, -0.05) is 23.5 Å². The van der Waals surface area contributed by atoms with Crippen LogP contribution in [0.5, 0.6) is 0 Å². The number of nitrogens with zero attached hydrogens (tertiary/aromatic N) is 2. The molecular formula is C19H20N2OS. The Labute approximate surface area is 139 Å². The van der Waals surface area contributed by atoms with E-state index >= 15 is 0 Å². The maximum absolute atomic E-state index is 12.5. The lowest BCUT2D eigenvalue weighted by Gasteiger charge is -2.03. The van der Waals surface area contributed by atoms with Gasteiger partial charge in [0.15, 0.2) is 4.80 Å². The highest BCUT2D eigenvalue weighted by atomic mass is 32.1. The zero-order valence-electron chi connectivity index (χ0n) is 14.1. The Balaban J connectivity index is 2.14. The first kappa shape index (κ1) is 15.7. The van der Waals surface area contributed by atoms with Crippen LogP contribution in [0.1, 0.15) is 32.6 Å². The first-order valence-corrected chi connectivity index (χ1v) is 8.42. The number of rotatable bonds is 1. The minimum absolute atomic E-state index is 0.190. The van der Waals surface area contributed by atoms with Gasteiger partial charge in [-0.15, -0.1) is 0 Å². The van der Waals surface area contributed by atoms with Crippen molar-refractivity contribution in [2.24, 2.45) is 12.0 Å². The molecule has 1 aromatic heterocycles. The molecule has 0 saturated carbocycles. The molecule has 118 valence electrons. The van der Waals surface area contributed by atoms with Crippen LogP contribution in [0.2, 0.25) is 0 Å². The van der Waals surface area contributed by atoms with Gasteiger partial charge in [-0.05, 0) is 68.1 Å². The summed E-state index contributed by atoms with van der Waals surface area (Å²) < 4.78 is 3.17. The van der Waals surface area contributed by atoms with Crippen molar-refractivity contribution in [2.75, 3.05) is 0 Å². The van der Waals surface area contributed by atoms with Gasteiger partial charge in [0, 0.05) is 12.6 Å². The Morgan fingerprint density at radius 2 is 1.70 bits per heavy atom. The van der Waals surface area contributed by atoms with Crippen LogP contribution in [0.25, 0.3) is 10.2 Å². The third-order valence-electron chi connectivity index (χ3n) is 4.44. The van der Waals surface area contributed by atoms with Gasteiger partial charge in [0.25, 0.3) is 5.91 Å². The molecule has 0 aliphatic rings. The zero-order valence-corrected chi connectivity index (χ0v) is 14.9. The fraction of sp³-hybridized carbons (Fsp3) is 0.263. The Hall–Kier alpha value is -2.20. The summed E-state index contributed by atoms with van der Waals surface area (Å²) in [5.74, 6) is -0.190. The summed E-state index contributed by atoms with van der Waals surface area (Å²) in [6, 6.07) is 9.93. The second kappa shape index (κ2) is 5.78. The number of hydrogen-bond acceptors (Lipinski definition) is 2. The summed E-state index contributed by atoms with van der Waals surface area (Å²) in [6.07, 6.45) is 0. The quantitative estimate of drug-likeness (QED) is 0.660. The fourth-order valence-electron chi connectivity index (χ4n) is 2.66. The van der Waals surface area contributed by atoms with Crippen molar-refractivity contribution in [1.82, 2.24) is 4.57 Å². The molecule has 0 spiro atoms. The third kappa shape index (κ3) is 2.75. The molecule has 0 fully saturated rings. The first-order chi connectivity index (χ1) is 10.9. The van der Waals surface area contributed by atoms with Gasteiger partial charge in [-0.25, -0.2) is 0 Å². The van der Waals surface area contributed by atoms with E-state index in [0.717, 1.165) is 20.6 Å². The van der Waals surface area contributed by atoms with E-state index in [9.17, 15) is 4.79 Å². The molecule has 23 heavy (non-hydrogen) atoms. The largest absolute Gasteiger partial charge is 0.319 e. The lowest BCUT2D eigenvalue weighted by atomic mass is 10.1. The van der Waals surface area contributed by atoms with E-state index in [1.165, 1.54) is 16.7 Å². The topological polar surface area (TPSA) is 34.4 Å². The van der Waals surface area contributed by atoms with E-state index in [4.69, 9.17) is 0 Å². The Bertz CT molecular complexity index is 993. The summed E-state index contributed by atoms with van der Waals surface area (Å²) in [7, 11) is 1.97. The molecule has 3 nitrogen and oxygen atoms in total. The molecule has 0 N–H and O–H groups in total. The van der Waals surface area contributed by atoms with Crippen LogP contribution in [-0.4, -0.2) is 10.5 Å². The lowest BCUT2D eigenvalue weighted by Crippen LogP contribution is -2.14. The van der Waals surface area contributed by atoms with Crippen molar-refractivity contribution >= 4 is 27.5 Å². The highest BCUT2D eigenvalue weighted by Crippen LogP contribution is 2.23. The first-order valence-electron chi connectivity index (χ1n) is 7.60. The molecule has 1 heterocycles. The van der Waals surface area contributed by atoms with Crippen molar-refractivity contribution in [2.45, 2.75) is 27.7 Å². The standard InChI is InChI=1S/C19H20N2OS/c1-11-6-8-15(10-13(11)3)18(22)20-19-21(5)17-14(4)12(2)7-9-16(17)23-19/h6-10H,1-5H3. The molecule has 4 heteroatoms. The van der Waals surface area contributed by atoms with Crippen LogP contribution in [-0.2, 0) is 7.05 Å². The monoisotopic (exact) mass is 324 g/mol. The van der Waals surface area contributed by atoms with Gasteiger partial charge in [0.05, 0.1) is 10.2 Å². The normalized spacial score (nSPS) is 12.1. The van der Waals surface area contributed by atoms with Gasteiger partial charge in [-0.2, -0.15) is 4.99 Å². The highest BCUT2D eigenvalue weighted by molar-refractivity contribution is 7.16. The molecule has 0 unspecified atom stereocenters. The van der Waals surface area contributed by atoms with Crippen LogP contribution in [0.3, 0.4) is 0 Å². The number of aromatic nitrogens is 1. The van der Waals surface area contributed by atoms with Crippen molar-refractivity contribution < 1.29 is 4.79 Å². The summed E-state index contributed by atoms with van der Waals surface area (Å²) in [6.45, 7) is 8.26. The Morgan fingerprint density at radius 3 is 2.39 bits per heavy atom. The number of hydrogen-bond donors (Lipinski definition) is 0. The maximum atomic E-state index is 12.5. The summed E-state index contributed by atoms with van der Waals surface area (Å²) in [4.78, 5) is 17.6. The Morgan fingerprint density at radius 1 is 1.00 bits per heavy atom. The van der Waals surface area contributed by atoms with E-state index in [2.05, 4.69) is 31.0 Å². The minimum atomic E-state index is -0.190. The van der Waals surface area contributed by atoms with Crippen LogP contribution in [0.15, 0.2) is 35.3 Å². The smallest absolute Gasteiger partial charge is 0.279 e. The molecule has 0 atom stereocenters. The second-order valence-corrected chi connectivity index (χ2v) is 7.02. The number of fused-ring (bicyclic) bond motifs is 1. The number of aryl methyl sites for hydroxylation is 5. The van der Waals surface area contributed by atoms with Crippen molar-refractivity contribution in [3.8, 4) is 0 Å². The number of amides is 1. The molecule has 0 saturated heterocycles. The zero-order chi connectivity index (χ0) is 16.7. The molecule has 0 aliphatic carbocycles. The highest BCUT2D eigenvalue weighted by Gasteiger charge is 2.10. The number of carbonyl (C=O) groups is 1. The van der Waals surface area contributed by atoms with Crippen LogP contribution in [0, 0.1) is 27.7 Å². The van der Waals surface area contributed by atoms with E-state index in [1.54, 1.807) is 11.3 Å². The van der Waals surface area contributed by atoms with Crippen molar-refractivity contribution in [1.29, 1.82) is 0 Å². The van der Waals surface area contributed by atoms with Crippen molar-refractivity contribution in [3.63, 3.8) is 0 Å². The van der Waals surface area contributed by atoms with Crippen LogP contribution >= 0.6 is 11.3 Å². The molecule has 3 aromatic rings. The number of carbonyl (C=O) groups excluding carboxylic acids is 1. The van der Waals surface area contributed by atoms with Gasteiger partial charge >= 0.3 is 0 Å². The summed E-state index contributed by atoms with van der Waals surface area (Å²) >= 11 is 1.55. The summed E-state index contributed by atoms with van der Waals surface area (Å²) in [5, 5.41) is 0. The van der Waals surface area contributed by atoms with Gasteiger partial charge < -0.3 is 4.57 Å². The minimum Gasteiger partial charge on any atom is -0.319 e. The van der Waals surface area contributed by atoms with E-state index in [0.29, 0.717) is 5.56 Å². The molecule has 0 bridgehead atoms. The average molecular weight is 324 g/mol. The average Bonchev–Trinajstić information content (AvgIpc) is 2.83. The summed E-state index contributed by atoms with van der Waals surface area (Å²) in [5.41, 5.74) is 6.57. The fourth-order valence-corrected chi connectivity index (χ4v) is 3.74. The molecule has 0 aliphatic heterocycles. The van der Waals surface area contributed by atoms with Crippen molar-refractivity contribution in [3.05, 3.63) is 63.0 Å². The maximum Gasteiger partial charge on any atom is 0.279 e. The second-order valence-electron chi connectivity index (χ2n) is 6.01. The third-order valence-corrected chi connectivity index (χ3v) is 5.54. The predicted octanol–water partition coefficient (Wildman–Crippen LogP) is 4.21. The van der Waals surface area contributed by atoms with E-state index in [1.807, 2.05) is 43.7 Å². The molecule has 2 aromatic carbocycles. The number of benzene rings is 2. The lowest BCUT2D eigenvalue weighted by molar-refractivity contribution is 0.0998. The molecule has 0 radical (unpaired) electrons. The van der Waals surface area contributed by atoms with E-state index in [-0.39, 0.29) is 5.91 Å². The number of thiazole rings is 1. The predicted molar refractivity (Wildman–Crippen MR) is 96.1 cm³/mol. The molecule has 3 rings (SSSR count). The molecule has 1 amide bonds. The Kier molecular flexibility index (Phi) is 3.94. The van der Waals surface area contributed by atoms with Crippen LogP contribution in [0.4, 0.5) is 0 Å². The SMILES string of the molecule is Cc1ccc(C(=O)N=c2sc3ccc(C)c(C)c3n2C)cc1C. The van der Waals surface area contributed by atoms with Crippen LogP contribution < -0.4 is 4.80 Å². The van der Waals surface area contributed by atoms with E-state index < -0.39 is 0 Å². The van der Waals surface area contributed by atoms with Gasteiger partial charge in [-0.3, -0.25) is 4.79 Å². The molecular weight excluding hydrogens is 304 g/mol. The van der Waals surface area contributed by atoms with Gasteiger partial charge in [0.2, 0.25) is 0 Å². The van der Waals surface area contributed by atoms with Gasteiger partial charge in [0.1, 0.15) is 0 Å².